The predicted octanol–water partition coefficient (Wildman–Crippen LogP) is 3.83. The first-order valence-electron chi connectivity index (χ1n) is 14.0. The summed E-state index contributed by atoms with van der Waals surface area (Å²) < 4.78 is 21.2. The van der Waals surface area contributed by atoms with Gasteiger partial charge >= 0.3 is 8.80 Å². The lowest BCUT2D eigenvalue weighted by Crippen LogP contribution is -3.00. The van der Waals surface area contributed by atoms with Gasteiger partial charge in [0.25, 0.3) is 0 Å². The van der Waals surface area contributed by atoms with E-state index in [0.717, 1.165) is 49.3 Å². The van der Waals surface area contributed by atoms with Crippen molar-refractivity contribution in [2.24, 2.45) is 0 Å². The molecular weight excluding hydrogens is 609 g/mol. The van der Waals surface area contributed by atoms with E-state index in [0.29, 0.717) is 13.0 Å². The van der Waals surface area contributed by atoms with Crippen LogP contribution in [0.2, 0.25) is 65.0 Å². The largest absolute Gasteiger partial charge is 1.00 e. The van der Waals surface area contributed by atoms with E-state index in [4.69, 9.17) is 12.3 Å². The number of unbranched alkanes of at least 4 members (excludes halogenated alkanes) is 2. The zero-order chi connectivity index (χ0) is 28.4. The average Bonchev–Trinajstić information content (AvgIpc) is 2.67. The highest BCUT2D eigenvalue weighted by atomic mass is 79.9. The second-order valence-corrected chi connectivity index (χ2v) is 30.9. The monoisotopic (exact) mass is 664 g/mol. The number of carbonyl (C=O) groups excluding carboxylic acids is 1. The van der Waals surface area contributed by atoms with Crippen molar-refractivity contribution >= 4 is 39.7 Å². The van der Waals surface area contributed by atoms with Crippen molar-refractivity contribution in [3.63, 3.8) is 0 Å². The van der Waals surface area contributed by atoms with Crippen molar-refractivity contribution in [3.05, 3.63) is 35.9 Å². The fraction of sp³-hybridized carbons (Fsp3) is 0.741. The Morgan fingerprint density at radius 1 is 0.763 bits per heavy atom. The van der Waals surface area contributed by atoms with Crippen molar-refractivity contribution in [2.75, 3.05) is 27.2 Å². The highest BCUT2D eigenvalue weighted by molar-refractivity contribution is 6.90. The third kappa shape index (κ3) is 19.0. The van der Waals surface area contributed by atoms with Crippen LogP contribution in [0, 0.1) is 0 Å². The zero-order valence-electron chi connectivity index (χ0n) is 26.2. The van der Waals surface area contributed by atoms with Crippen LogP contribution in [0.5, 0.6) is 0 Å². The van der Waals surface area contributed by atoms with E-state index >= 15 is 0 Å². The minimum Gasteiger partial charge on any atom is -1.00 e. The van der Waals surface area contributed by atoms with Gasteiger partial charge in [-0.05, 0) is 84.6 Å². The van der Waals surface area contributed by atoms with Gasteiger partial charge in [0.2, 0.25) is 5.91 Å². The molecule has 1 N–H and O–H groups in total. The summed E-state index contributed by atoms with van der Waals surface area (Å²) in [4.78, 5) is 12.5. The van der Waals surface area contributed by atoms with Crippen molar-refractivity contribution in [2.45, 2.75) is 104 Å². The maximum Gasteiger partial charge on any atom is 0.469 e. The number of nitrogens with zero attached hydrogens (tertiary/aromatic N) is 1. The van der Waals surface area contributed by atoms with Crippen LogP contribution in [0.25, 0.3) is 0 Å². The maximum atomic E-state index is 12.5. The zero-order valence-corrected chi connectivity index (χ0v) is 31.8. The molecule has 11 heteroatoms. The van der Waals surface area contributed by atoms with E-state index in [9.17, 15) is 4.79 Å². The molecular formula is C27H57BrN2O4Si4. The number of rotatable bonds is 18. The summed E-state index contributed by atoms with van der Waals surface area (Å²) in [6.07, 6.45) is 4.57. The van der Waals surface area contributed by atoms with E-state index < -0.39 is 33.8 Å². The number of carbonyl (C=O) groups is 1. The van der Waals surface area contributed by atoms with Gasteiger partial charge in [-0.1, -0.05) is 30.3 Å². The summed E-state index contributed by atoms with van der Waals surface area (Å²) in [5.74, 6) is 0.147. The van der Waals surface area contributed by atoms with Gasteiger partial charge in [0.1, 0.15) is 6.54 Å². The lowest BCUT2D eigenvalue weighted by atomic mass is 10.1. The van der Waals surface area contributed by atoms with Crippen LogP contribution in [0.15, 0.2) is 30.3 Å². The molecule has 1 aromatic rings. The van der Waals surface area contributed by atoms with Crippen molar-refractivity contribution in [1.82, 2.24) is 5.32 Å². The van der Waals surface area contributed by atoms with Crippen LogP contribution >= 0.6 is 0 Å². The summed E-state index contributed by atoms with van der Waals surface area (Å²) in [6, 6.07) is 11.4. The standard InChI is InChI=1S/C27H56N2O4Si4.BrH/c1-29(2,25-26-19-14-12-15-20-26)23-17-13-16-21-27(30)28-22-18-24-37(31-34(3,4)5,32-35(6,7)8)33-36(9,10)11;/h12,14-15,19-20H,13,16-18,21-25H2,1-11H3;1H. The molecule has 0 aliphatic heterocycles. The maximum absolute atomic E-state index is 12.5. The number of halogens is 1. The highest BCUT2D eigenvalue weighted by Crippen LogP contribution is 2.29. The van der Waals surface area contributed by atoms with Crippen molar-refractivity contribution in [1.29, 1.82) is 0 Å². The first-order valence-corrected chi connectivity index (χ1v) is 26.2. The number of quaternary nitrogens is 1. The molecule has 0 aliphatic rings. The molecule has 0 saturated heterocycles. The number of benzene rings is 1. The van der Waals surface area contributed by atoms with Crippen LogP contribution in [0.4, 0.5) is 0 Å². The van der Waals surface area contributed by atoms with Crippen LogP contribution < -0.4 is 22.3 Å². The third-order valence-corrected chi connectivity index (χ3v) is 17.5. The SMILES string of the molecule is C[N+](C)(CCCCCC(=O)NCCC[Si](O[Si](C)(C)C)(O[Si](C)(C)C)O[Si](C)(C)C)Cc1ccccc1.[Br-]. The van der Waals surface area contributed by atoms with Gasteiger partial charge in [0, 0.05) is 24.6 Å². The highest BCUT2D eigenvalue weighted by Gasteiger charge is 2.49. The van der Waals surface area contributed by atoms with E-state index in [1.807, 2.05) is 0 Å². The van der Waals surface area contributed by atoms with Crippen LogP contribution in [-0.2, 0) is 23.7 Å². The molecule has 1 aromatic carbocycles. The van der Waals surface area contributed by atoms with Crippen LogP contribution in [0.3, 0.4) is 0 Å². The predicted molar refractivity (Wildman–Crippen MR) is 167 cm³/mol. The van der Waals surface area contributed by atoms with Crippen molar-refractivity contribution in [3.8, 4) is 0 Å². The fourth-order valence-electron chi connectivity index (χ4n) is 4.40. The summed E-state index contributed by atoms with van der Waals surface area (Å²) in [7, 11) is -3.86. The van der Waals surface area contributed by atoms with E-state index in [-0.39, 0.29) is 22.9 Å². The van der Waals surface area contributed by atoms with Gasteiger partial charge in [-0.25, -0.2) is 0 Å². The smallest absolute Gasteiger partial charge is 0.469 e. The van der Waals surface area contributed by atoms with Gasteiger partial charge < -0.3 is 39.1 Å². The molecule has 0 aromatic heterocycles. The first-order chi connectivity index (χ1) is 16.8. The Balaban J connectivity index is 0.0000137. The van der Waals surface area contributed by atoms with Gasteiger partial charge in [-0.2, -0.15) is 0 Å². The van der Waals surface area contributed by atoms with Gasteiger partial charge in [0.15, 0.2) is 25.0 Å². The molecule has 6 nitrogen and oxygen atoms in total. The van der Waals surface area contributed by atoms with Gasteiger partial charge in [0.05, 0.1) is 20.6 Å². The molecule has 1 amide bonds. The minimum atomic E-state index is -2.82. The number of hydrogen-bond acceptors (Lipinski definition) is 4. The Morgan fingerprint density at radius 3 is 1.74 bits per heavy atom. The molecule has 38 heavy (non-hydrogen) atoms. The van der Waals surface area contributed by atoms with Gasteiger partial charge in [-0.3, -0.25) is 4.79 Å². The summed E-state index contributed by atoms with van der Waals surface area (Å²) >= 11 is 0. The average molecular weight is 666 g/mol. The molecule has 1 rings (SSSR count). The van der Waals surface area contributed by atoms with Crippen molar-refractivity contribution < 1.29 is 38.6 Å². The lowest BCUT2D eigenvalue weighted by molar-refractivity contribution is -0.903. The molecule has 0 radical (unpaired) electrons. The van der Waals surface area contributed by atoms with E-state index in [1.54, 1.807) is 0 Å². The Bertz CT molecular complexity index is 769. The number of hydrogen-bond donors (Lipinski definition) is 1. The summed E-state index contributed by atoms with van der Waals surface area (Å²) in [6.45, 7) is 22.7. The molecule has 0 spiro atoms. The van der Waals surface area contributed by atoms with E-state index in [2.05, 4.69) is 109 Å². The number of amides is 1. The van der Waals surface area contributed by atoms with Crippen LogP contribution in [-0.4, -0.2) is 71.3 Å². The Morgan fingerprint density at radius 2 is 1.26 bits per heavy atom. The second kappa shape index (κ2) is 16.4. The first kappa shape index (κ1) is 37.9. The third-order valence-electron chi connectivity index (χ3n) is 5.49. The molecule has 0 bridgehead atoms. The fourth-order valence-corrected chi connectivity index (χ4v) is 19.1. The molecule has 0 aliphatic carbocycles. The molecule has 0 heterocycles. The molecule has 0 saturated carbocycles. The van der Waals surface area contributed by atoms with E-state index in [1.165, 1.54) is 5.56 Å². The molecule has 0 fully saturated rings. The minimum absolute atomic E-state index is 0. The normalized spacial score (nSPS) is 13.2. The molecule has 0 atom stereocenters. The second-order valence-electron chi connectivity index (χ2n) is 13.9. The quantitative estimate of drug-likeness (QED) is 0.147. The Kier molecular flexibility index (Phi) is 16.3. The Hall–Kier alpha value is -0.122. The summed E-state index contributed by atoms with van der Waals surface area (Å²) in [5.41, 5.74) is 1.37. The molecule has 0 unspecified atom stereocenters. The topological polar surface area (TPSA) is 56.8 Å². The van der Waals surface area contributed by atoms with Crippen LogP contribution in [0.1, 0.15) is 37.7 Å². The van der Waals surface area contributed by atoms with Gasteiger partial charge in [-0.15, -0.1) is 0 Å². The number of nitrogens with one attached hydrogen (secondary N) is 1. The molecule has 222 valence electrons. The lowest BCUT2D eigenvalue weighted by Gasteiger charge is -2.43. The summed E-state index contributed by atoms with van der Waals surface area (Å²) in [5, 5.41) is 3.13. The Labute approximate surface area is 249 Å².